The van der Waals surface area contributed by atoms with Gasteiger partial charge in [0.1, 0.15) is 5.69 Å². The Labute approximate surface area is 168 Å². The van der Waals surface area contributed by atoms with Crippen LogP contribution in [0.3, 0.4) is 0 Å². The molecule has 152 valence electrons. The zero-order valence-electron chi connectivity index (χ0n) is 15.8. The lowest BCUT2D eigenvalue weighted by molar-refractivity contribution is 0.0383. The van der Waals surface area contributed by atoms with Gasteiger partial charge in [-0.25, -0.2) is 0 Å². The maximum Gasteiger partial charge on any atom is 0.269 e. The van der Waals surface area contributed by atoms with Gasteiger partial charge in [-0.15, -0.1) is 0 Å². The first-order valence-corrected chi connectivity index (χ1v) is 9.44. The molecule has 2 amide bonds. The zero-order chi connectivity index (χ0) is 20.1. The van der Waals surface area contributed by atoms with E-state index in [4.69, 9.17) is 14.2 Å². The molecule has 0 aliphatic carbocycles. The fourth-order valence-electron chi connectivity index (χ4n) is 3.12. The molecule has 1 aromatic carbocycles. The van der Waals surface area contributed by atoms with Gasteiger partial charge in [-0.05, 0) is 24.3 Å². The largest absolute Gasteiger partial charge is 0.454 e. The number of carbonyl (C=O) groups excluding carboxylic acids is 2. The van der Waals surface area contributed by atoms with Gasteiger partial charge in [0.2, 0.25) is 6.79 Å². The average molecular weight is 398 g/mol. The van der Waals surface area contributed by atoms with Gasteiger partial charge < -0.3 is 24.8 Å². The van der Waals surface area contributed by atoms with Crippen LogP contribution >= 0.6 is 0 Å². The second kappa shape index (κ2) is 8.89. The number of anilines is 1. The third kappa shape index (κ3) is 4.82. The number of aromatic nitrogens is 1. The Morgan fingerprint density at radius 3 is 2.72 bits per heavy atom. The van der Waals surface area contributed by atoms with Crippen molar-refractivity contribution in [1.82, 2.24) is 15.2 Å². The predicted octanol–water partition coefficient (Wildman–Crippen LogP) is 1.12. The second-order valence-corrected chi connectivity index (χ2v) is 6.66. The van der Waals surface area contributed by atoms with Gasteiger partial charge in [-0.3, -0.25) is 19.5 Å². The highest BCUT2D eigenvalue weighted by atomic mass is 16.7. The molecule has 2 aliphatic rings. The van der Waals surface area contributed by atoms with Crippen LogP contribution in [0.5, 0.6) is 11.5 Å². The number of pyridine rings is 1. The molecule has 0 radical (unpaired) electrons. The van der Waals surface area contributed by atoms with E-state index < -0.39 is 0 Å². The zero-order valence-corrected chi connectivity index (χ0v) is 15.8. The number of hydrogen-bond acceptors (Lipinski definition) is 7. The summed E-state index contributed by atoms with van der Waals surface area (Å²) in [5.41, 5.74) is 1.12. The summed E-state index contributed by atoms with van der Waals surface area (Å²) >= 11 is 0. The summed E-state index contributed by atoms with van der Waals surface area (Å²) < 4.78 is 15.9. The summed E-state index contributed by atoms with van der Waals surface area (Å²) in [5.74, 6) is 0.574. The van der Waals surface area contributed by atoms with Crippen LogP contribution in [-0.2, 0) is 4.74 Å². The van der Waals surface area contributed by atoms with E-state index in [-0.39, 0.29) is 24.3 Å². The lowest BCUT2D eigenvalue weighted by atomic mass is 10.2. The van der Waals surface area contributed by atoms with Crippen molar-refractivity contribution in [2.45, 2.75) is 0 Å². The van der Waals surface area contributed by atoms with Crippen molar-refractivity contribution in [2.24, 2.45) is 0 Å². The highest BCUT2D eigenvalue weighted by Crippen LogP contribution is 2.34. The van der Waals surface area contributed by atoms with E-state index in [1.54, 1.807) is 24.3 Å². The van der Waals surface area contributed by atoms with Gasteiger partial charge in [0.25, 0.3) is 11.8 Å². The molecule has 0 unspecified atom stereocenters. The van der Waals surface area contributed by atoms with E-state index in [2.05, 4.69) is 20.5 Å². The molecule has 1 saturated heterocycles. The Balaban J connectivity index is 1.33. The van der Waals surface area contributed by atoms with Gasteiger partial charge >= 0.3 is 0 Å². The van der Waals surface area contributed by atoms with E-state index in [0.717, 1.165) is 32.8 Å². The lowest BCUT2D eigenvalue weighted by Crippen LogP contribution is -2.41. The van der Waals surface area contributed by atoms with Crippen LogP contribution in [0.1, 0.15) is 20.8 Å². The minimum atomic E-state index is -0.339. The van der Waals surface area contributed by atoms with Crippen molar-refractivity contribution in [3.63, 3.8) is 0 Å². The first kappa shape index (κ1) is 19.2. The van der Waals surface area contributed by atoms with Crippen LogP contribution in [0.15, 0.2) is 36.5 Å². The SMILES string of the molecule is O=C(Nc1ccc2c(c1)OCO2)c1ccnc(C(=O)NCCN2CCOCC2)c1. The van der Waals surface area contributed by atoms with Gasteiger partial charge in [-0.1, -0.05) is 0 Å². The molecule has 0 bridgehead atoms. The molecule has 0 spiro atoms. The normalized spacial score (nSPS) is 15.7. The van der Waals surface area contributed by atoms with Gasteiger partial charge in [-0.2, -0.15) is 0 Å². The molecule has 3 heterocycles. The Morgan fingerprint density at radius 1 is 1.03 bits per heavy atom. The van der Waals surface area contributed by atoms with E-state index in [9.17, 15) is 9.59 Å². The Morgan fingerprint density at radius 2 is 1.86 bits per heavy atom. The minimum Gasteiger partial charge on any atom is -0.454 e. The van der Waals surface area contributed by atoms with Crippen LogP contribution in [-0.4, -0.2) is 67.9 Å². The molecule has 0 atom stereocenters. The van der Waals surface area contributed by atoms with Crippen molar-refractivity contribution in [2.75, 3.05) is 51.5 Å². The molecular formula is C20H22N4O5. The number of amides is 2. The molecule has 9 nitrogen and oxygen atoms in total. The molecule has 2 N–H and O–H groups in total. The van der Waals surface area contributed by atoms with E-state index in [1.807, 2.05) is 0 Å². The van der Waals surface area contributed by atoms with Crippen LogP contribution in [0.4, 0.5) is 5.69 Å². The number of nitrogens with zero attached hydrogens (tertiary/aromatic N) is 2. The van der Waals surface area contributed by atoms with Crippen LogP contribution in [0, 0.1) is 0 Å². The average Bonchev–Trinajstić information content (AvgIpc) is 3.22. The van der Waals surface area contributed by atoms with E-state index in [1.165, 1.54) is 12.3 Å². The monoisotopic (exact) mass is 398 g/mol. The highest BCUT2D eigenvalue weighted by Gasteiger charge is 2.16. The molecule has 29 heavy (non-hydrogen) atoms. The summed E-state index contributed by atoms with van der Waals surface area (Å²) in [7, 11) is 0. The molecule has 2 aromatic rings. The Kier molecular flexibility index (Phi) is 5.87. The fraction of sp³-hybridized carbons (Fsp3) is 0.350. The number of nitrogens with one attached hydrogen (secondary N) is 2. The van der Waals surface area contributed by atoms with Gasteiger partial charge in [0.15, 0.2) is 11.5 Å². The van der Waals surface area contributed by atoms with E-state index >= 15 is 0 Å². The molecule has 1 aromatic heterocycles. The van der Waals surface area contributed by atoms with Crippen LogP contribution in [0.25, 0.3) is 0 Å². The number of fused-ring (bicyclic) bond motifs is 1. The molecule has 2 aliphatic heterocycles. The van der Waals surface area contributed by atoms with Crippen LogP contribution in [0.2, 0.25) is 0 Å². The Bertz CT molecular complexity index is 898. The first-order valence-electron chi connectivity index (χ1n) is 9.44. The number of ether oxygens (including phenoxy) is 3. The van der Waals surface area contributed by atoms with Crippen molar-refractivity contribution < 1.29 is 23.8 Å². The first-order chi connectivity index (χ1) is 14.2. The third-order valence-corrected chi connectivity index (χ3v) is 4.70. The summed E-state index contributed by atoms with van der Waals surface area (Å²) in [4.78, 5) is 31.2. The van der Waals surface area contributed by atoms with Crippen molar-refractivity contribution >= 4 is 17.5 Å². The summed E-state index contributed by atoms with van der Waals surface area (Å²) in [6, 6.07) is 8.20. The number of rotatable bonds is 6. The number of hydrogen-bond donors (Lipinski definition) is 2. The highest BCUT2D eigenvalue weighted by molar-refractivity contribution is 6.05. The van der Waals surface area contributed by atoms with Crippen molar-refractivity contribution in [1.29, 1.82) is 0 Å². The molecule has 1 fully saturated rings. The lowest BCUT2D eigenvalue weighted by Gasteiger charge is -2.26. The minimum absolute atomic E-state index is 0.168. The molecule has 9 heteroatoms. The topological polar surface area (TPSA) is 102 Å². The maximum atomic E-state index is 12.5. The standard InChI is InChI=1S/C20H22N4O5/c25-19(23-15-1-2-17-18(12-15)29-13-28-17)14-3-4-21-16(11-14)20(26)22-5-6-24-7-9-27-10-8-24/h1-4,11-12H,5-10,13H2,(H,22,26)(H,23,25). The Hall–Kier alpha value is -3.17. The quantitative estimate of drug-likeness (QED) is 0.752. The second-order valence-electron chi connectivity index (χ2n) is 6.66. The summed E-state index contributed by atoms with van der Waals surface area (Å²) in [6.07, 6.45) is 1.45. The smallest absolute Gasteiger partial charge is 0.269 e. The fourth-order valence-corrected chi connectivity index (χ4v) is 3.12. The maximum absolute atomic E-state index is 12.5. The molecule has 0 saturated carbocycles. The van der Waals surface area contributed by atoms with E-state index in [0.29, 0.717) is 29.3 Å². The number of benzene rings is 1. The molecule has 4 rings (SSSR count). The predicted molar refractivity (Wildman–Crippen MR) is 104 cm³/mol. The summed E-state index contributed by atoms with van der Waals surface area (Å²) in [5, 5.41) is 5.63. The molecular weight excluding hydrogens is 376 g/mol. The number of carbonyl (C=O) groups is 2. The van der Waals surface area contributed by atoms with Gasteiger partial charge in [0.05, 0.1) is 13.2 Å². The number of morpholine rings is 1. The van der Waals surface area contributed by atoms with Crippen molar-refractivity contribution in [3.8, 4) is 11.5 Å². The third-order valence-electron chi connectivity index (χ3n) is 4.70. The summed E-state index contributed by atoms with van der Waals surface area (Å²) in [6.45, 7) is 4.59. The van der Waals surface area contributed by atoms with Gasteiger partial charge in [0, 0.05) is 49.7 Å². The van der Waals surface area contributed by atoms with Crippen molar-refractivity contribution in [3.05, 3.63) is 47.8 Å². The van der Waals surface area contributed by atoms with Crippen LogP contribution < -0.4 is 20.1 Å².